The molecule has 0 spiro atoms. The molecule has 0 N–H and O–H groups in total. The largest absolute Gasteiger partial charge is 0.204 e. The van der Waals surface area contributed by atoms with Crippen molar-refractivity contribution in [1.82, 2.24) is 20.2 Å². The number of hydrogen-bond acceptors (Lipinski definition) is 3. The summed E-state index contributed by atoms with van der Waals surface area (Å²) in [6.07, 6.45) is 0. The van der Waals surface area contributed by atoms with Crippen molar-refractivity contribution in [3.8, 4) is 5.69 Å². The van der Waals surface area contributed by atoms with Gasteiger partial charge in [-0.3, -0.25) is 0 Å². The summed E-state index contributed by atoms with van der Waals surface area (Å²) >= 11 is 2.99. The predicted octanol–water partition coefficient (Wildman–Crippen LogP) is 2.01. The summed E-state index contributed by atoms with van der Waals surface area (Å²) in [5.41, 5.74) is -0.277. The third-order valence-corrected chi connectivity index (χ3v) is 2.28. The smallest absolute Gasteiger partial charge is 0.153 e. The number of nitrogens with zero attached hydrogens (tertiary/aromatic N) is 4. The summed E-state index contributed by atoms with van der Waals surface area (Å²) in [5.74, 6) is -1.13. The van der Waals surface area contributed by atoms with Crippen molar-refractivity contribution in [2.24, 2.45) is 0 Å². The quantitative estimate of drug-likeness (QED) is 0.799. The first-order chi connectivity index (χ1) is 7.09. The molecule has 78 valence electrons. The van der Waals surface area contributed by atoms with Crippen LogP contribution in [0.3, 0.4) is 0 Å². The second-order valence-electron chi connectivity index (χ2n) is 2.86. The lowest BCUT2D eigenvalue weighted by Gasteiger charge is -2.05. The number of benzene rings is 1. The molecular formula is C8H5BrF2N4. The van der Waals surface area contributed by atoms with Gasteiger partial charge >= 0.3 is 0 Å². The van der Waals surface area contributed by atoms with Gasteiger partial charge in [0.2, 0.25) is 0 Å². The van der Waals surface area contributed by atoms with E-state index in [1.54, 1.807) is 6.92 Å². The number of aromatic nitrogens is 4. The number of halogens is 3. The molecule has 1 heterocycles. The molecular weight excluding hydrogens is 270 g/mol. The molecule has 0 saturated heterocycles. The van der Waals surface area contributed by atoms with Crippen LogP contribution in [0, 0.1) is 18.6 Å². The Kier molecular flexibility index (Phi) is 2.47. The first-order valence-corrected chi connectivity index (χ1v) is 4.79. The molecule has 1 aromatic heterocycles. The first-order valence-electron chi connectivity index (χ1n) is 3.99. The highest BCUT2D eigenvalue weighted by Crippen LogP contribution is 2.22. The third-order valence-electron chi connectivity index (χ3n) is 1.82. The normalized spacial score (nSPS) is 10.7. The van der Waals surface area contributed by atoms with Gasteiger partial charge < -0.3 is 0 Å². The summed E-state index contributed by atoms with van der Waals surface area (Å²) in [4.78, 5) is 0. The van der Waals surface area contributed by atoms with E-state index in [2.05, 4.69) is 31.5 Å². The molecule has 0 saturated carbocycles. The highest BCUT2D eigenvalue weighted by Gasteiger charge is 2.15. The first kappa shape index (κ1) is 10.2. The molecule has 15 heavy (non-hydrogen) atoms. The van der Waals surface area contributed by atoms with Gasteiger partial charge in [-0.25, -0.2) is 8.78 Å². The van der Waals surface area contributed by atoms with Crippen LogP contribution < -0.4 is 0 Å². The Hall–Kier alpha value is -1.37. The number of aryl methyl sites for hydroxylation is 1. The van der Waals surface area contributed by atoms with Crippen molar-refractivity contribution in [2.75, 3.05) is 0 Å². The van der Waals surface area contributed by atoms with Gasteiger partial charge in [-0.1, -0.05) is 15.9 Å². The zero-order valence-corrected chi connectivity index (χ0v) is 9.16. The van der Waals surface area contributed by atoms with Crippen molar-refractivity contribution in [2.45, 2.75) is 6.92 Å². The lowest BCUT2D eigenvalue weighted by atomic mass is 10.3. The third kappa shape index (κ3) is 1.74. The van der Waals surface area contributed by atoms with E-state index < -0.39 is 11.6 Å². The molecule has 0 aliphatic heterocycles. The van der Waals surface area contributed by atoms with Gasteiger partial charge in [0.25, 0.3) is 0 Å². The van der Waals surface area contributed by atoms with E-state index in [1.807, 2.05) is 0 Å². The van der Waals surface area contributed by atoms with Gasteiger partial charge in [0.15, 0.2) is 17.5 Å². The van der Waals surface area contributed by atoms with Gasteiger partial charge in [0.1, 0.15) is 5.69 Å². The van der Waals surface area contributed by atoms with Gasteiger partial charge in [-0.05, 0) is 29.5 Å². The lowest BCUT2D eigenvalue weighted by Crippen LogP contribution is -2.05. The second-order valence-corrected chi connectivity index (χ2v) is 3.77. The van der Waals surface area contributed by atoms with E-state index in [9.17, 15) is 8.78 Å². The minimum Gasteiger partial charge on any atom is -0.204 e. The van der Waals surface area contributed by atoms with Crippen LogP contribution in [-0.4, -0.2) is 20.2 Å². The maximum Gasteiger partial charge on any atom is 0.153 e. The highest BCUT2D eigenvalue weighted by molar-refractivity contribution is 9.10. The van der Waals surface area contributed by atoms with Crippen molar-refractivity contribution >= 4 is 15.9 Å². The number of tetrazole rings is 1. The van der Waals surface area contributed by atoms with E-state index in [0.717, 1.165) is 16.8 Å². The zero-order valence-electron chi connectivity index (χ0n) is 7.58. The summed E-state index contributed by atoms with van der Waals surface area (Å²) in [6, 6.07) is 2.30. The van der Waals surface area contributed by atoms with E-state index in [1.165, 1.54) is 0 Å². The van der Waals surface area contributed by atoms with Gasteiger partial charge in [-0.15, -0.1) is 5.10 Å². The minimum absolute atomic E-state index is 0.277. The van der Waals surface area contributed by atoms with E-state index in [4.69, 9.17) is 0 Å². The van der Waals surface area contributed by atoms with Crippen LogP contribution in [0.4, 0.5) is 8.78 Å². The standard InChI is InChI=1S/C8H5BrF2N4/c1-4-12-13-14-15(4)8-6(10)2-5(9)3-7(8)11/h2-3H,1H3. The SMILES string of the molecule is Cc1nnnn1-c1c(F)cc(Br)cc1F. The van der Waals surface area contributed by atoms with Crippen LogP contribution in [-0.2, 0) is 0 Å². The van der Waals surface area contributed by atoms with Crippen LogP contribution in [0.25, 0.3) is 5.69 Å². The Balaban J connectivity index is 2.68. The van der Waals surface area contributed by atoms with E-state index in [0.29, 0.717) is 10.3 Å². The molecule has 4 nitrogen and oxygen atoms in total. The molecule has 0 aliphatic rings. The van der Waals surface area contributed by atoms with Crippen LogP contribution in [0.2, 0.25) is 0 Å². The van der Waals surface area contributed by atoms with Gasteiger partial charge in [-0.2, -0.15) is 4.68 Å². The van der Waals surface area contributed by atoms with Crippen molar-refractivity contribution in [3.05, 3.63) is 34.1 Å². The van der Waals surface area contributed by atoms with Crippen molar-refractivity contribution < 1.29 is 8.78 Å². The summed E-state index contributed by atoms with van der Waals surface area (Å²) < 4.78 is 28.3. The number of rotatable bonds is 1. The molecule has 0 aliphatic carbocycles. The molecule has 0 bridgehead atoms. The van der Waals surface area contributed by atoms with Gasteiger partial charge in [0, 0.05) is 4.47 Å². The molecule has 0 radical (unpaired) electrons. The maximum atomic E-state index is 13.5. The summed E-state index contributed by atoms with van der Waals surface area (Å²) in [5, 5.41) is 10.4. The summed E-state index contributed by atoms with van der Waals surface area (Å²) in [6.45, 7) is 1.56. The highest BCUT2D eigenvalue weighted by atomic mass is 79.9. The molecule has 2 aromatic rings. The monoisotopic (exact) mass is 274 g/mol. The fourth-order valence-electron chi connectivity index (χ4n) is 1.18. The van der Waals surface area contributed by atoms with Crippen LogP contribution >= 0.6 is 15.9 Å². The Morgan fingerprint density at radius 2 is 1.87 bits per heavy atom. The Morgan fingerprint density at radius 1 is 1.27 bits per heavy atom. The minimum atomic E-state index is -0.725. The zero-order chi connectivity index (χ0) is 11.0. The topological polar surface area (TPSA) is 43.6 Å². The van der Waals surface area contributed by atoms with Crippen LogP contribution in [0.1, 0.15) is 5.82 Å². The van der Waals surface area contributed by atoms with Gasteiger partial charge in [0.05, 0.1) is 0 Å². The Labute approximate surface area is 92.0 Å². The number of hydrogen-bond donors (Lipinski definition) is 0. The molecule has 0 amide bonds. The Morgan fingerprint density at radius 3 is 2.33 bits per heavy atom. The molecule has 0 unspecified atom stereocenters. The molecule has 7 heteroatoms. The second kappa shape index (κ2) is 3.65. The summed E-state index contributed by atoms with van der Waals surface area (Å²) in [7, 11) is 0. The average Bonchev–Trinajstić information content (AvgIpc) is 2.50. The lowest BCUT2D eigenvalue weighted by molar-refractivity contribution is 0.552. The van der Waals surface area contributed by atoms with E-state index >= 15 is 0 Å². The molecule has 2 rings (SSSR count). The van der Waals surface area contributed by atoms with Crippen molar-refractivity contribution in [1.29, 1.82) is 0 Å². The fraction of sp³-hybridized carbons (Fsp3) is 0.125. The molecule has 0 fully saturated rings. The van der Waals surface area contributed by atoms with Crippen molar-refractivity contribution in [3.63, 3.8) is 0 Å². The maximum absolute atomic E-state index is 13.5. The molecule has 0 atom stereocenters. The Bertz CT molecular complexity index is 488. The predicted molar refractivity (Wildman–Crippen MR) is 51.5 cm³/mol. The fourth-order valence-corrected chi connectivity index (χ4v) is 1.58. The molecule has 1 aromatic carbocycles. The van der Waals surface area contributed by atoms with E-state index in [-0.39, 0.29) is 5.69 Å². The van der Waals surface area contributed by atoms with Crippen LogP contribution in [0.15, 0.2) is 16.6 Å². The van der Waals surface area contributed by atoms with Crippen LogP contribution in [0.5, 0.6) is 0 Å². The average molecular weight is 275 g/mol.